The van der Waals surface area contributed by atoms with E-state index in [0.717, 1.165) is 30.9 Å². The number of carbonyl (C=O) groups excluding carboxylic acids is 2. The first-order valence-corrected chi connectivity index (χ1v) is 12.5. The molecule has 1 aliphatic heterocycles. The number of rotatable bonds is 7. The van der Waals surface area contributed by atoms with Crippen molar-refractivity contribution in [3.63, 3.8) is 0 Å². The van der Waals surface area contributed by atoms with Crippen molar-refractivity contribution in [2.75, 3.05) is 36.4 Å². The summed E-state index contributed by atoms with van der Waals surface area (Å²) in [5.41, 5.74) is 1.19. The SMILES string of the molecule is CC(C)CC(=O)N1CCN(c2ccc(NC(=O)/C=C/c3ccc(-c4cccc(C(F)(F)F)c4)o3)cc2)CC1. The molecule has 1 fully saturated rings. The van der Waals surface area contributed by atoms with Gasteiger partial charge < -0.3 is 19.5 Å². The zero-order valence-corrected chi connectivity index (χ0v) is 21.3. The molecule has 0 atom stereocenters. The molecule has 2 aromatic carbocycles. The highest BCUT2D eigenvalue weighted by atomic mass is 19.4. The first-order chi connectivity index (χ1) is 18.1. The second-order valence-electron chi connectivity index (χ2n) is 9.62. The highest BCUT2D eigenvalue weighted by Gasteiger charge is 2.30. The van der Waals surface area contributed by atoms with Gasteiger partial charge in [0, 0.05) is 55.6 Å². The van der Waals surface area contributed by atoms with Crippen LogP contribution in [0, 0.1) is 5.92 Å². The van der Waals surface area contributed by atoms with Crippen LogP contribution in [0.4, 0.5) is 24.5 Å². The van der Waals surface area contributed by atoms with Crippen LogP contribution < -0.4 is 10.2 Å². The third kappa shape index (κ3) is 7.06. The Kier molecular flexibility index (Phi) is 8.24. The standard InChI is InChI=1S/C29H30F3N3O3/c1-20(2)18-28(37)35-16-14-34(15-17-35)24-8-6-23(7-9-24)33-27(36)13-11-25-10-12-26(38-25)21-4-3-5-22(19-21)29(30,31)32/h3-13,19-20H,14-18H2,1-2H3,(H,33,36)/b13-11+. The number of piperazine rings is 1. The van der Waals surface area contributed by atoms with Crippen molar-refractivity contribution in [1.29, 1.82) is 0 Å². The smallest absolute Gasteiger partial charge is 0.416 e. The van der Waals surface area contributed by atoms with Gasteiger partial charge in [-0.25, -0.2) is 0 Å². The highest BCUT2D eigenvalue weighted by molar-refractivity contribution is 6.01. The average molecular weight is 526 g/mol. The van der Waals surface area contributed by atoms with E-state index in [1.807, 2.05) is 43.0 Å². The zero-order chi connectivity index (χ0) is 27.3. The topological polar surface area (TPSA) is 65.8 Å². The Balaban J connectivity index is 1.29. The fraction of sp³-hybridized carbons (Fsp3) is 0.310. The number of halogens is 3. The normalized spacial score (nSPS) is 14.4. The number of benzene rings is 2. The number of hydrogen-bond donors (Lipinski definition) is 1. The summed E-state index contributed by atoms with van der Waals surface area (Å²) in [7, 11) is 0. The van der Waals surface area contributed by atoms with Crippen molar-refractivity contribution >= 4 is 29.3 Å². The molecule has 0 spiro atoms. The van der Waals surface area contributed by atoms with Crippen LogP contribution in [-0.2, 0) is 15.8 Å². The molecule has 38 heavy (non-hydrogen) atoms. The summed E-state index contributed by atoms with van der Waals surface area (Å²) in [6.07, 6.45) is -1.11. The van der Waals surface area contributed by atoms with Gasteiger partial charge in [-0.3, -0.25) is 9.59 Å². The van der Waals surface area contributed by atoms with Crippen molar-refractivity contribution in [2.24, 2.45) is 5.92 Å². The monoisotopic (exact) mass is 525 g/mol. The Morgan fingerprint density at radius 1 is 1.00 bits per heavy atom. The number of anilines is 2. The van der Waals surface area contributed by atoms with Gasteiger partial charge in [0.1, 0.15) is 11.5 Å². The molecule has 6 nitrogen and oxygen atoms in total. The van der Waals surface area contributed by atoms with Crippen molar-refractivity contribution < 1.29 is 27.2 Å². The van der Waals surface area contributed by atoms with Gasteiger partial charge >= 0.3 is 6.18 Å². The van der Waals surface area contributed by atoms with Gasteiger partial charge in [-0.05, 0) is 60.5 Å². The lowest BCUT2D eigenvalue weighted by Crippen LogP contribution is -2.49. The van der Waals surface area contributed by atoms with Gasteiger partial charge in [0.2, 0.25) is 11.8 Å². The molecule has 0 unspecified atom stereocenters. The van der Waals surface area contributed by atoms with E-state index in [0.29, 0.717) is 42.4 Å². The summed E-state index contributed by atoms with van der Waals surface area (Å²) in [5, 5.41) is 2.78. The molecular formula is C29H30F3N3O3. The number of amides is 2. The molecule has 1 saturated heterocycles. The number of furan rings is 1. The molecule has 0 aliphatic carbocycles. The maximum Gasteiger partial charge on any atom is 0.416 e. The quantitative estimate of drug-likeness (QED) is 0.367. The van der Waals surface area contributed by atoms with E-state index in [4.69, 9.17) is 4.42 Å². The molecule has 2 heterocycles. The van der Waals surface area contributed by atoms with Crippen molar-refractivity contribution in [3.05, 3.63) is 78.1 Å². The molecule has 1 aliphatic rings. The minimum absolute atomic E-state index is 0.201. The Labute approximate surface area is 219 Å². The fourth-order valence-corrected chi connectivity index (χ4v) is 4.24. The Hall–Kier alpha value is -4.01. The van der Waals surface area contributed by atoms with Crippen LogP contribution in [-0.4, -0.2) is 42.9 Å². The van der Waals surface area contributed by atoms with Crippen LogP contribution in [0.5, 0.6) is 0 Å². The summed E-state index contributed by atoms with van der Waals surface area (Å²) < 4.78 is 44.5. The predicted molar refractivity (Wildman–Crippen MR) is 141 cm³/mol. The third-order valence-electron chi connectivity index (χ3n) is 6.22. The van der Waals surface area contributed by atoms with E-state index in [2.05, 4.69) is 10.2 Å². The first-order valence-electron chi connectivity index (χ1n) is 12.5. The van der Waals surface area contributed by atoms with Crippen LogP contribution in [0.1, 0.15) is 31.6 Å². The van der Waals surface area contributed by atoms with Gasteiger partial charge in [0.25, 0.3) is 0 Å². The van der Waals surface area contributed by atoms with E-state index in [1.54, 1.807) is 12.1 Å². The fourth-order valence-electron chi connectivity index (χ4n) is 4.24. The molecule has 200 valence electrons. The Morgan fingerprint density at radius 2 is 1.71 bits per heavy atom. The van der Waals surface area contributed by atoms with E-state index < -0.39 is 11.7 Å². The molecule has 3 aromatic rings. The predicted octanol–water partition coefficient (Wildman–Crippen LogP) is 6.31. The molecule has 0 radical (unpaired) electrons. The molecule has 1 N–H and O–H groups in total. The van der Waals surface area contributed by atoms with Crippen molar-refractivity contribution in [1.82, 2.24) is 4.90 Å². The summed E-state index contributed by atoms with van der Waals surface area (Å²) >= 11 is 0. The number of nitrogens with one attached hydrogen (secondary N) is 1. The minimum Gasteiger partial charge on any atom is -0.457 e. The molecule has 1 aromatic heterocycles. The lowest BCUT2D eigenvalue weighted by molar-refractivity contribution is -0.137. The number of alkyl halides is 3. The van der Waals surface area contributed by atoms with Gasteiger partial charge in [0.15, 0.2) is 0 Å². The van der Waals surface area contributed by atoms with Gasteiger partial charge in [-0.15, -0.1) is 0 Å². The van der Waals surface area contributed by atoms with Crippen LogP contribution in [0.3, 0.4) is 0 Å². The maximum absolute atomic E-state index is 13.0. The van der Waals surface area contributed by atoms with E-state index in [1.165, 1.54) is 24.3 Å². The molecule has 0 bridgehead atoms. The Morgan fingerprint density at radius 3 is 2.37 bits per heavy atom. The summed E-state index contributed by atoms with van der Waals surface area (Å²) in [6.45, 7) is 6.98. The second-order valence-corrected chi connectivity index (χ2v) is 9.62. The lowest BCUT2D eigenvalue weighted by atomic mass is 10.1. The third-order valence-corrected chi connectivity index (χ3v) is 6.22. The number of hydrogen-bond acceptors (Lipinski definition) is 4. The molecule has 4 rings (SSSR count). The van der Waals surface area contributed by atoms with Gasteiger partial charge in [-0.1, -0.05) is 26.0 Å². The first kappa shape index (κ1) is 27.0. The zero-order valence-electron chi connectivity index (χ0n) is 21.3. The lowest BCUT2D eigenvalue weighted by Gasteiger charge is -2.36. The van der Waals surface area contributed by atoms with Crippen LogP contribution in [0.2, 0.25) is 0 Å². The number of carbonyl (C=O) groups is 2. The van der Waals surface area contributed by atoms with Crippen LogP contribution in [0.25, 0.3) is 17.4 Å². The van der Waals surface area contributed by atoms with E-state index >= 15 is 0 Å². The van der Waals surface area contributed by atoms with Crippen molar-refractivity contribution in [2.45, 2.75) is 26.4 Å². The molecular weight excluding hydrogens is 495 g/mol. The maximum atomic E-state index is 13.0. The molecule has 0 saturated carbocycles. The summed E-state index contributed by atoms with van der Waals surface area (Å²) in [4.78, 5) is 28.8. The van der Waals surface area contributed by atoms with Crippen molar-refractivity contribution in [3.8, 4) is 11.3 Å². The van der Waals surface area contributed by atoms with Gasteiger partial charge in [0.05, 0.1) is 5.56 Å². The van der Waals surface area contributed by atoms with E-state index in [-0.39, 0.29) is 17.6 Å². The minimum atomic E-state index is -4.44. The second kappa shape index (κ2) is 11.6. The number of nitrogens with zero attached hydrogens (tertiary/aromatic N) is 2. The molecule has 9 heteroatoms. The average Bonchev–Trinajstić information content (AvgIpc) is 3.36. The molecule has 2 amide bonds. The highest BCUT2D eigenvalue weighted by Crippen LogP contribution is 2.32. The van der Waals surface area contributed by atoms with Gasteiger partial charge in [-0.2, -0.15) is 13.2 Å². The summed E-state index contributed by atoms with van der Waals surface area (Å²) in [6, 6.07) is 15.5. The largest absolute Gasteiger partial charge is 0.457 e. The van der Waals surface area contributed by atoms with E-state index in [9.17, 15) is 22.8 Å². The Bertz CT molecular complexity index is 1290. The van der Waals surface area contributed by atoms with Crippen LogP contribution in [0.15, 0.2) is 71.2 Å². The summed E-state index contributed by atoms with van der Waals surface area (Å²) in [5.74, 6) is 0.796. The van der Waals surface area contributed by atoms with Crippen LogP contribution >= 0.6 is 0 Å².